The maximum atomic E-state index is 12.3. The molecule has 1 aliphatic heterocycles. The third-order valence-corrected chi connectivity index (χ3v) is 4.88. The van der Waals surface area contributed by atoms with Crippen molar-refractivity contribution in [2.45, 2.75) is 32.1 Å². The fourth-order valence-electron chi connectivity index (χ4n) is 3.37. The maximum absolute atomic E-state index is 12.3. The molecular weight excluding hydrogens is 312 g/mol. The summed E-state index contributed by atoms with van der Waals surface area (Å²) in [4.78, 5) is 26.1. The third-order valence-electron chi connectivity index (χ3n) is 4.88. The lowest BCUT2D eigenvalue weighted by atomic mass is 9.85. The first-order valence-corrected chi connectivity index (χ1v) is 8.62. The van der Waals surface area contributed by atoms with Crippen molar-refractivity contribution in [3.63, 3.8) is 0 Å². The lowest BCUT2D eigenvalue weighted by Gasteiger charge is -2.16. The first-order valence-electron chi connectivity index (χ1n) is 8.62. The quantitative estimate of drug-likeness (QED) is 0.913. The highest BCUT2D eigenvalue weighted by Gasteiger charge is 2.42. The zero-order valence-corrected chi connectivity index (χ0v) is 15.0. The Hall–Kier alpha value is -2.62. The number of fused-ring (bicyclic) bond motifs is 1. The number of likely N-dealkylation sites (N-methyl/N-ethyl adjacent to an activating group) is 1. The van der Waals surface area contributed by atoms with E-state index in [1.165, 1.54) is 0 Å². The van der Waals surface area contributed by atoms with E-state index in [0.29, 0.717) is 13.0 Å². The van der Waals surface area contributed by atoms with Gasteiger partial charge in [0.2, 0.25) is 11.8 Å². The van der Waals surface area contributed by atoms with Crippen molar-refractivity contribution in [3.8, 4) is 0 Å². The average Bonchev–Trinajstić information content (AvgIpc) is 2.76. The molecule has 0 aromatic heterocycles. The van der Waals surface area contributed by atoms with E-state index < -0.39 is 5.41 Å². The van der Waals surface area contributed by atoms with Gasteiger partial charge in [0.25, 0.3) is 0 Å². The number of amides is 2. The van der Waals surface area contributed by atoms with Gasteiger partial charge >= 0.3 is 0 Å². The van der Waals surface area contributed by atoms with Crippen LogP contribution in [-0.2, 0) is 27.8 Å². The summed E-state index contributed by atoms with van der Waals surface area (Å²) in [5, 5.41) is 2.97. The molecule has 2 aromatic rings. The Labute approximate surface area is 148 Å². The molecule has 3 rings (SSSR count). The second kappa shape index (κ2) is 6.71. The van der Waals surface area contributed by atoms with Crippen LogP contribution in [0.5, 0.6) is 0 Å². The van der Waals surface area contributed by atoms with Gasteiger partial charge in [0, 0.05) is 19.3 Å². The Morgan fingerprint density at radius 2 is 1.80 bits per heavy atom. The minimum atomic E-state index is -0.489. The molecule has 2 amide bonds. The average molecular weight is 336 g/mol. The number of anilines is 1. The van der Waals surface area contributed by atoms with Crippen LogP contribution in [0.2, 0.25) is 0 Å². The van der Waals surface area contributed by atoms with Crippen molar-refractivity contribution >= 4 is 17.5 Å². The van der Waals surface area contributed by atoms with Gasteiger partial charge in [-0.2, -0.15) is 0 Å². The number of carbonyl (C=O) groups excluding carboxylic acids is 2. The van der Waals surface area contributed by atoms with Crippen LogP contribution < -0.4 is 10.2 Å². The number of hydrogen-bond donors (Lipinski definition) is 1. The van der Waals surface area contributed by atoms with Gasteiger partial charge in [-0.15, -0.1) is 0 Å². The van der Waals surface area contributed by atoms with E-state index in [1.54, 1.807) is 4.90 Å². The van der Waals surface area contributed by atoms with Crippen LogP contribution in [-0.4, -0.2) is 25.4 Å². The van der Waals surface area contributed by atoms with E-state index in [-0.39, 0.29) is 11.8 Å². The summed E-state index contributed by atoms with van der Waals surface area (Å²) >= 11 is 0. The molecule has 0 saturated heterocycles. The van der Waals surface area contributed by atoms with Crippen molar-refractivity contribution in [1.82, 2.24) is 5.32 Å². The van der Waals surface area contributed by atoms with E-state index in [0.717, 1.165) is 28.8 Å². The van der Waals surface area contributed by atoms with Gasteiger partial charge in [0.05, 0.1) is 11.8 Å². The third kappa shape index (κ3) is 3.43. The molecule has 1 aliphatic rings. The summed E-state index contributed by atoms with van der Waals surface area (Å²) in [6, 6.07) is 15.9. The summed E-state index contributed by atoms with van der Waals surface area (Å²) in [5.41, 5.74) is 3.70. The molecule has 0 saturated carbocycles. The number of hydrogen-bond acceptors (Lipinski definition) is 2. The Bertz CT molecular complexity index is 797. The summed E-state index contributed by atoms with van der Waals surface area (Å²) in [7, 11) is 1.82. The molecule has 1 heterocycles. The SMILES string of the molecule is CN1C(=O)C(C)(C)c2cc(CCNC(=O)Cc3ccccc3)ccc21. The van der Waals surface area contributed by atoms with Crippen LogP contribution in [0.3, 0.4) is 0 Å². The molecule has 4 heteroatoms. The number of benzene rings is 2. The zero-order valence-electron chi connectivity index (χ0n) is 15.0. The lowest BCUT2D eigenvalue weighted by Crippen LogP contribution is -2.33. The summed E-state index contributed by atoms with van der Waals surface area (Å²) in [6.45, 7) is 4.51. The van der Waals surface area contributed by atoms with Gasteiger partial charge in [0.15, 0.2) is 0 Å². The zero-order chi connectivity index (χ0) is 18.0. The van der Waals surface area contributed by atoms with Crippen molar-refractivity contribution in [2.24, 2.45) is 0 Å². The van der Waals surface area contributed by atoms with E-state index in [1.807, 2.05) is 63.4 Å². The Balaban J connectivity index is 1.59. The second-order valence-electron chi connectivity index (χ2n) is 7.10. The molecule has 0 bridgehead atoms. The molecule has 130 valence electrons. The molecule has 2 aromatic carbocycles. The van der Waals surface area contributed by atoms with E-state index >= 15 is 0 Å². The molecule has 0 spiro atoms. The Morgan fingerprint density at radius 3 is 2.52 bits per heavy atom. The van der Waals surface area contributed by atoms with Gasteiger partial charge in [-0.25, -0.2) is 0 Å². The fourth-order valence-corrected chi connectivity index (χ4v) is 3.37. The summed E-state index contributed by atoms with van der Waals surface area (Å²) in [5.74, 6) is 0.151. The molecule has 0 aliphatic carbocycles. The molecule has 0 unspecified atom stereocenters. The molecule has 25 heavy (non-hydrogen) atoms. The first kappa shape index (κ1) is 17.2. The topological polar surface area (TPSA) is 49.4 Å². The van der Waals surface area contributed by atoms with Crippen LogP contribution >= 0.6 is 0 Å². The van der Waals surface area contributed by atoms with Crippen LogP contribution in [0, 0.1) is 0 Å². The van der Waals surface area contributed by atoms with E-state index in [4.69, 9.17) is 0 Å². The molecule has 0 radical (unpaired) electrons. The highest BCUT2D eigenvalue weighted by molar-refractivity contribution is 6.07. The van der Waals surface area contributed by atoms with Gasteiger partial charge in [0.1, 0.15) is 0 Å². The highest BCUT2D eigenvalue weighted by atomic mass is 16.2. The molecule has 0 fully saturated rings. The Kier molecular flexibility index (Phi) is 4.62. The van der Waals surface area contributed by atoms with Crippen molar-refractivity contribution < 1.29 is 9.59 Å². The maximum Gasteiger partial charge on any atom is 0.236 e. The van der Waals surface area contributed by atoms with Gasteiger partial charge in [-0.1, -0.05) is 42.5 Å². The first-order chi connectivity index (χ1) is 11.9. The van der Waals surface area contributed by atoms with Crippen LogP contribution in [0.1, 0.15) is 30.5 Å². The van der Waals surface area contributed by atoms with Crippen molar-refractivity contribution in [1.29, 1.82) is 0 Å². The number of nitrogens with one attached hydrogen (secondary N) is 1. The van der Waals surface area contributed by atoms with E-state index in [2.05, 4.69) is 11.4 Å². The number of rotatable bonds is 5. The molecular formula is C21H24N2O2. The largest absolute Gasteiger partial charge is 0.355 e. The predicted molar refractivity (Wildman–Crippen MR) is 99.7 cm³/mol. The minimum Gasteiger partial charge on any atom is -0.355 e. The predicted octanol–water partition coefficient (Wildman–Crippen LogP) is 2.84. The number of nitrogens with zero attached hydrogens (tertiary/aromatic N) is 1. The van der Waals surface area contributed by atoms with Gasteiger partial charge < -0.3 is 10.2 Å². The lowest BCUT2D eigenvalue weighted by molar-refractivity contribution is -0.122. The monoisotopic (exact) mass is 336 g/mol. The fraction of sp³-hybridized carbons (Fsp3) is 0.333. The van der Waals surface area contributed by atoms with Crippen molar-refractivity contribution in [3.05, 3.63) is 65.2 Å². The molecule has 0 atom stereocenters. The van der Waals surface area contributed by atoms with Crippen LogP contribution in [0.15, 0.2) is 48.5 Å². The normalized spacial score (nSPS) is 15.2. The standard InChI is InChI=1S/C21H24N2O2/c1-21(2)17-13-16(9-10-18(17)23(3)20(21)25)11-12-22-19(24)14-15-7-5-4-6-8-15/h4-10,13H,11-12,14H2,1-3H3,(H,22,24). The van der Waals surface area contributed by atoms with E-state index in [9.17, 15) is 9.59 Å². The minimum absolute atomic E-state index is 0.0302. The van der Waals surface area contributed by atoms with Gasteiger partial charge in [-0.05, 0) is 43.0 Å². The molecule has 1 N–H and O–H groups in total. The number of carbonyl (C=O) groups is 2. The smallest absolute Gasteiger partial charge is 0.236 e. The summed E-state index contributed by atoms with van der Waals surface area (Å²) < 4.78 is 0. The van der Waals surface area contributed by atoms with Gasteiger partial charge in [-0.3, -0.25) is 9.59 Å². The van der Waals surface area contributed by atoms with Crippen LogP contribution in [0.25, 0.3) is 0 Å². The highest BCUT2D eigenvalue weighted by Crippen LogP contribution is 2.41. The second-order valence-corrected chi connectivity index (χ2v) is 7.10. The Morgan fingerprint density at radius 1 is 1.08 bits per heavy atom. The van der Waals surface area contributed by atoms with Crippen LogP contribution in [0.4, 0.5) is 5.69 Å². The summed E-state index contributed by atoms with van der Waals surface area (Å²) in [6.07, 6.45) is 1.15. The molecule has 4 nitrogen and oxygen atoms in total. The van der Waals surface area contributed by atoms with Crippen molar-refractivity contribution in [2.75, 3.05) is 18.5 Å².